The molecule has 0 saturated carbocycles. The molecule has 0 bridgehead atoms. The molecule has 0 unspecified atom stereocenters. The van der Waals surface area contributed by atoms with Gasteiger partial charge >= 0.3 is 0 Å². The lowest BCUT2D eigenvalue weighted by Gasteiger charge is -2.25. The fourth-order valence-electron chi connectivity index (χ4n) is 3.40. The monoisotopic (exact) mass is 436 g/mol. The van der Waals surface area contributed by atoms with Gasteiger partial charge in [-0.25, -0.2) is 0 Å². The molecular formula is C24H21ClN2O2S. The van der Waals surface area contributed by atoms with Gasteiger partial charge in [-0.1, -0.05) is 60.2 Å². The number of carbonyl (C=O) groups excluding carboxylic acids is 2. The van der Waals surface area contributed by atoms with Crippen LogP contribution < -0.4 is 10.2 Å². The van der Waals surface area contributed by atoms with E-state index in [1.165, 1.54) is 0 Å². The number of halogens is 1. The number of alkyl halides is 1. The van der Waals surface area contributed by atoms with Crippen molar-refractivity contribution in [1.82, 2.24) is 0 Å². The van der Waals surface area contributed by atoms with E-state index < -0.39 is 5.38 Å². The van der Waals surface area contributed by atoms with E-state index in [-0.39, 0.29) is 17.2 Å². The number of aryl methyl sites for hydroxylation is 1. The third-order valence-electron chi connectivity index (χ3n) is 4.94. The van der Waals surface area contributed by atoms with E-state index in [0.29, 0.717) is 11.4 Å². The summed E-state index contributed by atoms with van der Waals surface area (Å²) in [6, 6.07) is 24.8. The van der Waals surface area contributed by atoms with Gasteiger partial charge in [0.2, 0.25) is 11.8 Å². The van der Waals surface area contributed by atoms with Gasteiger partial charge in [-0.15, -0.1) is 23.4 Å². The van der Waals surface area contributed by atoms with E-state index in [0.717, 1.165) is 22.4 Å². The van der Waals surface area contributed by atoms with Crippen molar-refractivity contribution in [3.8, 4) is 0 Å². The van der Waals surface area contributed by atoms with Crippen LogP contribution in [0.2, 0.25) is 0 Å². The molecule has 30 heavy (non-hydrogen) atoms. The maximum absolute atomic E-state index is 12.6. The standard InChI is InChI=1S/C24H21ClN2O2S/c1-16-10-12-20(13-11-16)27-21(28)15-30-24(27)18-8-5-9-19(14-18)26-23(29)22(25)17-6-3-2-4-7-17/h2-14,22,24H,15H2,1H3,(H,26,29)/t22-,24+/m1/s1. The van der Waals surface area contributed by atoms with Crippen LogP contribution in [0.3, 0.4) is 0 Å². The highest BCUT2D eigenvalue weighted by molar-refractivity contribution is 8.00. The number of thioether (sulfide) groups is 1. The van der Waals surface area contributed by atoms with Crippen LogP contribution in [-0.2, 0) is 9.59 Å². The second-order valence-corrected chi connectivity index (χ2v) is 8.66. The maximum atomic E-state index is 12.6. The van der Waals surface area contributed by atoms with Crippen LogP contribution in [0.15, 0.2) is 78.9 Å². The van der Waals surface area contributed by atoms with E-state index in [2.05, 4.69) is 5.32 Å². The Balaban J connectivity index is 1.54. The largest absolute Gasteiger partial charge is 0.324 e. The van der Waals surface area contributed by atoms with E-state index >= 15 is 0 Å². The predicted octanol–water partition coefficient (Wildman–Crippen LogP) is 5.69. The molecule has 3 aromatic rings. The number of amides is 2. The highest BCUT2D eigenvalue weighted by Gasteiger charge is 2.34. The van der Waals surface area contributed by atoms with Gasteiger partial charge < -0.3 is 5.32 Å². The average Bonchev–Trinajstić information content (AvgIpc) is 3.16. The Kier molecular flexibility index (Phi) is 6.11. The fraction of sp³-hybridized carbons (Fsp3) is 0.167. The summed E-state index contributed by atoms with van der Waals surface area (Å²) in [5.74, 6) is 0.214. The third kappa shape index (κ3) is 4.37. The van der Waals surface area contributed by atoms with Crippen molar-refractivity contribution in [1.29, 1.82) is 0 Å². The minimum Gasteiger partial charge on any atom is -0.324 e. The Morgan fingerprint density at radius 2 is 1.80 bits per heavy atom. The molecule has 6 heteroatoms. The molecular weight excluding hydrogens is 416 g/mol. The molecule has 4 nitrogen and oxygen atoms in total. The molecule has 1 N–H and O–H groups in total. The number of rotatable bonds is 5. The highest BCUT2D eigenvalue weighted by atomic mass is 35.5. The van der Waals surface area contributed by atoms with Gasteiger partial charge in [0.15, 0.2) is 0 Å². The Morgan fingerprint density at radius 3 is 2.53 bits per heavy atom. The number of nitrogens with zero attached hydrogens (tertiary/aromatic N) is 1. The summed E-state index contributed by atoms with van der Waals surface area (Å²) in [7, 11) is 0. The summed E-state index contributed by atoms with van der Waals surface area (Å²) in [6.07, 6.45) is 0. The molecule has 1 aliphatic rings. The summed E-state index contributed by atoms with van der Waals surface area (Å²) in [5, 5.41) is 1.98. The highest BCUT2D eigenvalue weighted by Crippen LogP contribution is 2.42. The molecule has 2 amide bonds. The first kappa shape index (κ1) is 20.5. The Labute approximate surface area is 185 Å². The topological polar surface area (TPSA) is 49.4 Å². The quantitative estimate of drug-likeness (QED) is 0.522. The van der Waals surface area contributed by atoms with Crippen LogP contribution in [0.1, 0.15) is 27.4 Å². The minimum atomic E-state index is -0.777. The number of benzene rings is 3. The van der Waals surface area contributed by atoms with Crippen molar-refractivity contribution >= 4 is 46.6 Å². The Bertz CT molecular complexity index is 1060. The molecule has 2 atom stereocenters. The molecule has 152 valence electrons. The van der Waals surface area contributed by atoms with Crippen molar-refractivity contribution in [2.24, 2.45) is 0 Å². The molecule has 1 heterocycles. The number of hydrogen-bond donors (Lipinski definition) is 1. The number of hydrogen-bond acceptors (Lipinski definition) is 3. The first-order valence-corrected chi connectivity index (χ1v) is 11.1. The van der Waals surface area contributed by atoms with Crippen LogP contribution >= 0.6 is 23.4 Å². The van der Waals surface area contributed by atoms with Crippen LogP contribution in [-0.4, -0.2) is 17.6 Å². The van der Waals surface area contributed by atoms with E-state index in [9.17, 15) is 9.59 Å². The van der Waals surface area contributed by atoms with Gasteiger partial charge in [0.25, 0.3) is 0 Å². The predicted molar refractivity (Wildman–Crippen MR) is 124 cm³/mol. The van der Waals surface area contributed by atoms with Crippen molar-refractivity contribution in [2.45, 2.75) is 17.7 Å². The molecule has 0 radical (unpaired) electrons. The summed E-state index contributed by atoms with van der Waals surface area (Å²) >= 11 is 7.92. The van der Waals surface area contributed by atoms with Gasteiger partial charge in [0.1, 0.15) is 10.8 Å². The Morgan fingerprint density at radius 1 is 1.07 bits per heavy atom. The zero-order valence-corrected chi connectivity index (χ0v) is 18.0. The van der Waals surface area contributed by atoms with Crippen LogP contribution in [0.4, 0.5) is 11.4 Å². The summed E-state index contributed by atoms with van der Waals surface area (Å²) in [5.41, 5.74) is 4.38. The van der Waals surface area contributed by atoms with Gasteiger partial charge in [-0.3, -0.25) is 14.5 Å². The lowest BCUT2D eigenvalue weighted by atomic mass is 10.1. The fourth-order valence-corrected chi connectivity index (χ4v) is 4.77. The van der Waals surface area contributed by atoms with Crippen molar-refractivity contribution < 1.29 is 9.59 Å². The molecule has 0 aromatic heterocycles. The van der Waals surface area contributed by atoms with Crippen molar-refractivity contribution in [2.75, 3.05) is 16.0 Å². The van der Waals surface area contributed by atoms with Gasteiger partial charge in [0.05, 0.1) is 5.75 Å². The van der Waals surface area contributed by atoms with Crippen LogP contribution in [0.5, 0.6) is 0 Å². The molecule has 0 aliphatic carbocycles. The molecule has 0 spiro atoms. The first-order chi connectivity index (χ1) is 14.5. The second kappa shape index (κ2) is 8.94. The number of anilines is 2. The number of nitrogens with one attached hydrogen (secondary N) is 1. The van der Waals surface area contributed by atoms with E-state index in [1.807, 2.05) is 90.7 Å². The van der Waals surface area contributed by atoms with Crippen LogP contribution in [0, 0.1) is 6.92 Å². The molecule has 3 aromatic carbocycles. The summed E-state index contributed by atoms with van der Waals surface area (Å²) < 4.78 is 0. The molecule has 1 saturated heterocycles. The first-order valence-electron chi connectivity index (χ1n) is 9.63. The zero-order valence-electron chi connectivity index (χ0n) is 16.4. The summed E-state index contributed by atoms with van der Waals surface area (Å²) in [6.45, 7) is 2.02. The van der Waals surface area contributed by atoms with E-state index in [1.54, 1.807) is 11.8 Å². The Hall–Kier alpha value is -2.76. The SMILES string of the molecule is Cc1ccc(N2C(=O)CS[C@H]2c2cccc(NC(=O)[C@H](Cl)c3ccccc3)c2)cc1. The van der Waals surface area contributed by atoms with Gasteiger partial charge in [0, 0.05) is 11.4 Å². The zero-order chi connectivity index (χ0) is 21.1. The normalized spacial score (nSPS) is 17.1. The lowest BCUT2D eigenvalue weighted by molar-refractivity contribution is -0.116. The van der Waals surface area contributed by atoms with E-state index in [4.69, 9.17) is 11.6 Å². The molecule has 4 rings (SSSR count). The van der Waals surface area contributed by atoms with Gasteiger partial charge in [-0.2, -0.15) is 0 Å². The number of carbonyl (C=O) groups is 2. The average molecular weight is 437 g/mol. The minimum absolute atomic E-state index is 0.0770. The molecule has 1 fully saturated rings. The molecule has 1 aliphatic heterocycles. The van der Waals surface area contributed by atoms with Crippen molar-refractivity contribution in [3.05, 3.63) is 95.6 Å². The van der Waals surface area contributed by atoms with Crippen molar-refractivity contribution in [3.63, 3.8) is 0 Å². The van der Waals surface area contributed by atoms with Gasteiger partial charge in [-0.05, 0) is 42.3 Å². The second-order valence-electron chi connectivity index (χ2n) is 7.15. The lowest BCUT2D eigenvalue weighted by Crippen LogP contribution is -2.27. The maximum Gasteiger partial charge on any atom is 0.246 e. The summed E-state index contributed by atoms with van der Waals surface area (Å²) in [4.78, 5) is 27.0. The third-order valence-corrected chi connectivity index (χ3v) is 6.60. The van der Waals surface area contributed by atoms with Crippen LogP contribution in [0.25, 0.3) is 0 Å². The smallest absolute Gasteiger partial charge is 0.246 e.